The molecule has 0 spiro atoms. The SMILES string of the molecule is Cc1cccc2nc(CNc3ccc([N+](=O)[O-])c(S(C)(=O)=O)c3)cn12. The summed E-state index contributed by atoms with van der Waals surface area (Å²) in [6, 6.07) is 9.73. The number of anilines is 1. The normalized spacial score (nSPS) is 11.6. The quantitative estimate of drug-likeness (QED) is 0.553. The zero-order chi connectivity index (χ0) is 18.2. The van der Waals surface area contributed by atoms with Gasteiger partial charge in [0.05, 0.1) is 17.2 Å². The molecule has 0 radical (unpaired) electrons. The number of aryl methyl sites for hydroxylation is 1. The maximum absolute atomic E-state index is 11.8. The van der Waals surface area contributed by atoms with Crippen LogP contribution in [-0.4, -0.2) is 29.0 Å². The Balaban J connectivity index is 1.87. The van der Waals surface area contributed by atoms with Crippen LogP contribution in [0.5, 0.6) is 0 Å². The van der Waals surface area contributed by atoms with E-state index in [1.165, 1.54) is 18.2 Å². The zero-order valence-electron chi connectivity index (χ0n) is 13.6. The number of nitro groups is 1. The summed E-state index contributed by atoms with van der Waals surface area (Å²) < 4.78 is 25.5. The van der Waals surface area contributed by atoms with E-state index in [0.717, 1.165) is 23.3 Å². The molecular formula is C16H16N4O4S. The van der Waals surface area contributed by atoms with Crippen LogP contribution in [0.4, 0.5) is 11.4 Å². The first kappa shape index (κ1) is 16.9. The number of rotatable bonds is 5. The van der Waals surface area contributed by atoms with Gasteiger partial charge in [0, 0.05) is 29.9 Å². The van der Waals surface area contributed by atoms with Gasteiger partial charge in [0.15, 0.2) is 9.84 Å². The molecule has 2 aromatic heterocycles. The van der Waals surface area contributed by atoms with E-state index in [0.29, 0.717) is 12.2 Å². The predicted molar refractivity (Wildman–Crippen MR) is 93.5 cm³/mol. The highest BCUT2D eigenvalue weighted by atomic mass is 32.2. The molecule has 130 valence electrons. The van der Waals surface area contributed by atoms with Crippen LogP contribution in [0.2, 0.25) is 0 Å². The number of hydrogen-bond donors (Lipinski definition) is 1. The Morgan fingerprint density at radius 1 is 1.28 bits per heavy atom. The molecule has 0 saturated carbocycles. The van der Waals surface area contributed by atoms with Gasteiger partial charge in [0.1, 0.15) is 10.5 Å². The van der Waals surface area contributed by atoms with Crippen molar-refractivity contribution in [3.05, 3.63) is 64.1 Å². The van der Waals surface area contributed by atoms with Gasteiger partial charge in [-0.3, -0.25) is 10.1 Å². The summed E-state index contributed by atoms with van der Waals surface area (Å²) in [5.74, 6) is 0. The zero-order valence-corrected chi connectivity index (χ0v) is 14.4. The van der Waals surface area contributed by atoms with Crippen molar-refractivity contribution in [1.29, 1.82) is 0 Å². The van der Waals surface area contributed by atoms with Crippen molar-refractivity contribution >= 4 is 26.9 Å². The minimum absolute atomic E-state index is 0.312. The molecule has 8 nitrogen and oxygen atoms in total. The lowest BCUT2D eigenvalue weighted by atomic mass is 10.2. The van der Waals surface area contributed by atoms with Crippen LogP contribution >= 0.6 is 0 Å². The molecule has 1 N–H and O–H groups in total. The van der Waals surface area contributed by atoms with Crippen molar-refractivity contribution in [1.82, 2.24) is 9.38 Å². The first-order valence-electron chi connectivity index (χ1n) is 7.41. The lowest BCUT2D eigenvalue weighted by Crippen LogP contribution is -2.05. The molecule has 2 heterocycles. The third-order valence-corrected chi connectivity index (χ3v) is 4.90. The van der Waals surface area contributed by atoms with Crippen LogP contribution in [0.1, 0.15) is 11.4 Å². The molecule has 0 atom stereocenters. The summed E-state index contributed by atoms with van der Waals surface area (Å²) >= 11 is 0. The minimum atomic E-state index is -3.71. The van der Waals surface area contributed by atoms with Gasteiger partial charge in [-0.1, -0.05) is 6.07 Å². The molecule has 3 aromatic rings. The predicted octanol–water partition coefficient (Wildman–Crippen LogP) is 2.57. The summed E-state index contributed by atoms with van der Waals surface area (Å²) in [4.78, 5) is 14.5. The number of fused-ring (bicyclic) bond motifs is 1. The van der Waals surface area contributed by atoms with Gasteiger partial charge in [-0.2, -0.15) is 0 Å². The Morgan fingerprint density at radius 2 is 2.04 bits per heavy atom. The van der Waals surface area contributed by atoms with Gasteiger partial charge in [0.2, 0.25) is 0 Å². The Labute approximate surface area is 144 Å². The van der Waals surface area contributed by atoms with Crippen molar-refractivity contribution in [3.8, 4) is 0 Å². The molecule has 0 fully saturated rings. The minimum Gasteiger partial charge on any atom is -0.379 e. The highest BCUT2D eigenvalue weighted by Gasteiger charge is 2.22. The summed E-state index contributed by atoms with van der Waals surface area (Å²) in [5, 5.41) is 14.1. The second kappa shape index (κ2) is 6.17. The van der Waals surface area contributed by atoms with Gasteiger partial charge >= 0.3 is 0 Å². The Hall–Kier alpha value is -2.94. The van der Waals surface area contributed by atoms with Crippen molar-refractivity contribution < 1.29 is 13.3 Å². The fourth-order valence-corrected chi connectivity index (χ4v) is 3.41. The number of sulfone groups is 1. The number of hydrogen-bond acceptors (Lipinski definition) is 6. The van der Waals surface area contributed by atoms with Gasteiger partial charge < -0.3 is 9.72 Å². The standard InChI is InChI=1S/C16H16N4O4S/c1-11-4-3-5-16-18-13(10-19(11)16)9-17-12-6-7-14(20(21)22)15(8-12)25(2,23)24/h3-8,10,17H,9H2,1-2H3. The summed E-state index contributed by atoms with van der Waals surface area (Å²) in [6.07, 6.45) is 2.84. The lowest BCUT2D eigenvalue weighted by Gasteiger charge is -2.07. The van der Waals surface area contributed by atoms with Gasteiger partial charge in [-0.05, 0) is 31.2 Å². The van der Waals surface area contributed by atoms with Crippen molar-refractivity contribution in [3.63, 3.8) is 0 Å². The number of nitro benzene ring substituents is 1. The van der Waals surface area contributed by atoms with Crippen LogP contribution in [0.15, 0.2) is 47.5 Å². The fourth-order valence-electron chi connectivity index (χ4n) is 2.55. The van der Waals surface area contributed by atoms with E-state index in [9.17, 15) is 18.5 Å². The van der Waals surface area contributed by atoms with E-state index in [1.54, 1.807) is 0 Å². The van der Waals surface area contributed by atoms with Gasteiger partial charge in [-0.25, -0.2) is 13.4 Å². The second-order valence-electron chi connectivity index (χ2n) is 5.69. The lowest BCUT2D eigenvalue weighted by molar-refractivity contribution is -0.387. The third-order valence-electron chi connectivity index (χ3n) is 3.78. The van der Waals surface area contributed by atoms with E-state index in [2.05, 4.69) is 10.3 Å². The fraction of sp³-hybridized carbons (Fsp3) is 0.188. The molecule has 0 unspecified atom stereocenters. The number of aromatic nitrogens is 2. The van der Waals surface area contributed by atoms with Crippen LogP contribution < -0.4 is 5.32 Å². The van der Waals surface area contributed by atoms with Crippen LogP contribution in [0, 0.1) is 17.0 Å². The van der Waals surface area contributed by atoms with Crippen molar-refractivity contribution in [2.24, 2.45) is 0 Å². The Bertz CT molecular complexity index is 1070. The smallest absolute Gasteiger partial charge is 0.288 e. The first-order valence-corrected chi connectivity index (χ1v) is 9.31. The Kier molecular flexibility index (Phi) is 4.17. The maximum Gasteiger partial charge on any atom is 0.288 e. The van der Waals surface area contributed by atoms with Gasteiger partial charge in [0.25, 0.3) is 5.69 Å². The number of benzene rings is 1. The average Bonchev–Trinajstić information content (AvgIpc) is 2.96. The molecule has 1 aromatic carbocycles. The highest BCUT2D eigenvalue weighted by molar-refractivity contribution is 7.90. The molecule has 3 rings (SSSR count). The van der Waals surface area contributed by atoms with E-state index in [-0.39, 0.29) is 4.90 Å². The number of nitrogens with zero attached hydrogens (tertiary/aromatic N) is 3. The molecule has 0 saturated heterocycles. The van der Waals surface area contributed by atoms with Crippen molar-refractivity contribution in [2.45, 2.75) is 18.4 Å². The molecule has 0 aliphatic heterocycles. The monoisotopic (exact) mass is 360 g/mol. The molecule has 0 aliphatic carbocycles. The third kappa shape index (κ3) is 3.45. The Morgan fingerprint density at radius 3 is 2.68 bits per heavy atom. The molecule has 0 bridgehead atoms. The van der Waals surface area contributed by atoms with E-state index in [4.69, 9.17) is 0 Å². The van der Waals surface area contributed by atoms with Gasteiger partial charge in [-0.15, -0.1) is 0 Å². The average molecular weight is 360 g/mol. The molecule has 0 aliphatic rings. The number of imidazole rings is 1. The topological polar surface area (TPSA) is 107 Å². The van der Waals surface area contributed by atoms with E-state index >= 15 is 0 Å². The van der Waals surface area contributed by atoms with E-state index in [1.807, 2.05) is 35.7 Å². The molecule has 9 heteroatoms. The number of nitrogens with one attached hydrogen (secondary N) is 1. The van der Waals surface area contributed by atoms with Crippen molar-refractivity contribution in [2.75, 3.05) is 11.6 Å². The first-order chi connectivity index (χ1) is 11.8. The molecular weight excluding hydrogens is 344 g/mol. The van der Waals surface area contributed by atoms with Crippen LogP contribution in [-0.2, 0) is 16.4 Å². The highest BCUT2D eigenvalue weighted by Crippen LogP contribution is 2.27. The summed E-state index contributed by atoms with van der Waals surface area (Å²) in [6.45, 7) is 2.34. The second-order valence-corrected chi connectivity index (χ2v) is 7.68. The largest absolute Gasteiger partial charge is 0.379 e. The number of pyridine rings is 1. The van der Waals surface area contributed by atoms with Crippen LogP contribution in [0.3, 0.4) is 0 Å². The molecule has 0 amide bonds. The summed E-state index contributed by atoms with van der Waals surface area (Å²) in [5.41, 5.74) is 2.67. The van der Waals surface area contributed by atoms with E-state index < -0.39 is 20.4 Å². The maximum atomic E-state index is 11.8. The van der Waals surface area contributed by atoms with Crippen LogP contribution in [0.25, 0.3) is 5.65 Å². The summed E-state index contributed by atoms with van der Waals surface area (Å²) in [7, 11) is -3.71. The molecule has 25 heavy (non-hydrogen) atoms.